The molecule has 0 radical (unpaired) electrons. The van der Waals surface area contributed by atoms with Crippen molar-refractivity contribution in [1.29, 1.82) is 0 Å². The smallest absolute Gasteiger partial charge is 0.223 e. The molecule has 2 unspecified atom stereocenters. The molecule has 2 heterocycles. The summed E-state index contributed by atoms with van der Waals surface area (Å²) in [6, 6.07) is 7.26. The van der Waals surface area contributed by atoms with E-state index in [0.717, 1.165) is 11.3 Å². The second kappa shape index (κ2) is 8.77. The summed E-state index contributed by atoms with van der Waals surface area (Å²) in [5, 5.41) is 2.47. The maximum atomic E-state index is 13.0. The molecule has 3 N–H and O–H groups in total. The molecule has 1 aromatic rings. The Morgan fingerprint density at radius 1 is 1.14 bits per heavy atom. The molecule has 2 atom stereocenters. The van der Waals surface area contributed by atoms with Crippen molar-refractivity contribution in [1.82, 2.24) is 20.5 Å². The van der Waals surface area contributed by atoms with E-state index in [4.69, 9.17) is 4.74 Å². The third-order valence-electron chi connectivity index (χ3n) is 5.68. The number of piperidine rings is 1. The third kappa shape index (κ3) is 4.48. The van der Waals surface area contributed by atoms with Gasteiger partial charge in [-0.25, -0.2) is 12.7 Å². The van der Waals surface area contributed by atoms with Gasteiger partial charge in [0.15, 0.2) is 0 Å². The van der Waals surface area contributed by atoms with Crippen LogP contribution in [0.4, 0.5) is 0 Å². The molecule has 28 heavy (non-hydrogen) atoms. The van der Waals surface area contributed by atoms with Crippen molar-refractivity contribution in [2.24, 2.45) is 5.92 Å². The molecule has 0 spiro atoms. The van der Waals surface area contributed by atoms with Gasteiger partial charge in [0.05, 0.1) is 7.11 Å². The number of hydrogen-bond acceptors (Lipinski definition) is 6. The van der Waals surface area contributed by atoms with Crippen LogP contribution in [0.15, 0.2) is 24.3 Å². The molecule has 0 aliphatic carbocycles. The van der Waals surface area contributed by atoms with E-state index in [2.05, 4.69) is 16.2 Å². The Kier molecular flexibility index (Phi) is 6.59. The molecule has 0 saturated carbocycles. The van der Waals surface area contributed by atoms with Crippen molar-refractivity contribution in [3.8, 4) is 5.75 Å². The molecule has 9 heteroatoms. The first-order valence-corrected chi connectivity index (χ1v) is 11.2. The van der Waals surface area contributed by atoms with Crippen LogP contribution < -0.4 is 20.9 Å². The summed E-state index contributed by atoms with van der Waals surface area (Å²) in [5.74, 6) is 0.609. The Morgan fingerprint density at radius 3 is 2.25 bits per heavy atom. The maximum absolute atomic E-state index is 13.0. The fourth-order valence-corrected chi connectivity index (χ4v) is 6.23. The predicted octanol–water partition coefficient (Wildman–Crippen LogP) is 0.607. The lowest BCUT2D eigenvalue weighted by Gasteiger charge is -2.33. The van der Waals surface area contributed by atoms with Crippen molar-refractivity contribution in [3.63, 3.8) is 0 Å². The highest BCUT2D eigenvalue weighted by Gasteiger charge is 2.44. The summed E-state index contributed by atoms with van der Waals surface area (Å²) in [6.45, 7) is 4.98. The van der Waals surface area contributed by atoms with Crippen LogP contribution >= 0.6 is 0 Å². The van der Waals surface area contributed by atoms with Crippen molar-refractivity contribution < 1.29 is 17.9 Å². The lowest BCUT2D eigenvalue weighted by Crippen LogP contribution is -2.50. The molecule has 156 valence electrons. The van der Waals surface area contributed by atoms with E-state index in [0.29, 0.717) is 32.5 Å². The zero-order chi connectivity index (χ0) is 20.3. The number of amides is 1. The minimum absolute atomic E-state index is 0.0150. The van der Waals surface area contributed by atoms with Gasteiger partial charge < -0.3 is 10.1 Å². The van der Waals surface area contributed by atoms with Crippen LogP contribution in [0.25, 0.3) is 0 Å². The number of rotatable bonds is 6. The SMILES string of the molecule is COc1ccc(CNC(=O)C2CCN(S(=O)(=O)C3C(C)NNC3C)CC2)cc1. The monoisotopic (exact) mass is 410 g/mol. The minimum atomic E-state index is -3.41. The van der Waals surface area contributed by atoms with Crippen molar-refractivity contribution >= 4 is 15.9 Å². The van der Waals surface area contributed by atoms with Gasteiger partial charge in [-0.3, -0.25) is 15.6 Å². The molecule has 2 aliphatic rings. The van der Waals surface area contributed by atoms with E-state index in [9.17, 15) is 13.2 Å². The van der Waals surface area contributed by atoms with Crippen molar-refractivity contribution in [2.75, 3.05) is 20.2 Å². The summed E-state index contributed by atoms with van der Waals surface area (Å²) in [6.07, 6.45) is 1.09. The Balaban J connectivity index is 1.51. The van der Waals surface area contributed by atoms with Gasteiger partial charge in [-0.2, -0.15) is 0 Å². The van der Waals surface area contributed by atoms with Crippen molar-refractivity contribution in [2.45, 2.75) is 50.6 Å². The van der Waals surface area contributed by atoms with Crippen LogP contribution in [0.2, 0.25) is 0 Å². The van der Waals surface area contributed by atoms with E-state index < -0.39 is 15.3 Å². The van der Waals surface area contributed by atoms with Crippen LogP contribution in [0.1, 0.15) is 32.3 Å². The van der Waals surface area contributed by atoms with E-state index in [-0.39, 0.29) is 23.9 Å². The van der Waals surface area contributed by atoms with Crippen LogP contribution in [0.5, 0.6) is 5.75 Å². The van der Waals surface area contributed by atoms with E-state index >= 15 is 0 Å². The van der Waals surface area contributed by atoms with Gasteiger partial charge in [-0.05, 0) is 44.4 Å². The van der Waals surface area contributed by atoms with Crippen LogP contribution in [0, 0.1) is 5.92 Å². The van der Waals surface area contributed by atoms with Crippen molar-refractivity contribution in [3.05, 3.63) is 29.8 Å². The summed E-state index contributed by atoms with van der Waals surface area (Å²) in [4.78, 5) is 12.5. The minimum Gasteiger partial charge on any atom is -0.497 e. The Labute approximate surface area is 167 Å². The first-order valence-electron chi connectivity index (χ1n) is 9.73. The van der Waals surface area contributed by atoms with E-state index in [1.54, 1.807) is 11.4 Å². The Bertz CT molecular complexity index is 766. The summed E-state index contributed by atoms with van der Waals surface area (Å²) in [7, 11) is -1.79. The van der Waals surface area contributed by atoms with E-state index in [1.165, 1.54) is 0 Å². The molecule has 0 aromatic heterocycles. The molecule has 8 nitrogen and oxygen atoms in total. The molecule has 1 amide bonds. The van der Waals surface area contributed by atoms with Gasteiger partial charge in [0, 0.05) is 37.6 Å². The lowest BCUT2D eigenvalue weighted by molar-refractivity contribution is -0.126. The Hall–Kier alpha value is -1.68. The van der Waals surface area contributed by atoms with Crippen LogP contribution in [-0.4, -0.2) is 56.2 Å². The summed E-state index contributed by atoms with van der Waals surface area (Å²) in [5.41, 5.74) is 7.00. The second-order valence-corrected chi connectivity index (χ2v) is 9.71. The predicted molar refractivity (Wildman–Crippen MR) is 107 cm³/mol. The average molecular weight is 411 g/mol. The summed E-state index contributed by atoms with van der Waals surface area (Å²) < 4.78 is 32.6. The lowest BCUT2D eigenvalue weighted by atomic mass is 9.97. The van der Waals surface area contributed by atoms with Gasteiger partial charge in [0.25, 0.3) is 0 Å². The maximum Gasteiger partial charge on any atom is 0.223 e. The molecule has 2 aliphatic heterocycles. The quantitative estimate of drug-likeness (QED) is 0.635. The standard InChI is InChI=1S/C19H30N4O4S/c1-13-18(14(2)22-21-13)28(25,26)23-10-8-16(9-11-23)19(24)20-12-15-4-6-17(27-3)7-5-15/h4-7,13-14,16,18,21-22H,8-12H2,1-3H3,(H,20,24). The summed E-state index contributed by atoms with van der Waals surface area (Å²) >= 11 is 0. The first-order chi connectivity index (χ1) is 13.3. The molecule has 2 fully saturated rings. The molecule has 2 saturated heterocycles. The number of ether oxygens (including phenoxy) is 1. The number of carbonyl (C=O) groups is 1. The zero-order valence-electron chi connectivity index (χ0n) is 16.6. The number of sulfonamides is 1. The fourth-order valence-electron chi connectivity index (χ4n) is 4.00. The average Bonchev–Trinajstić information content (AvgIpc) is 3.05. The van der Waals surface area contributed by atoms with Crippen LogP contribution in [0.3, 0.4) is 0 Å². The van der Waals surface area contributed by atoms with Gasteiger partial charge in [0.1, 0.15) is 11.0 Å². The van der Waals surface area contributed by atoms with Gasteiger partial charge in [-0.1, -0.05) is 12.1 Å². The number of hydrogen-bond donors (Lipinski definition) is 3. The van der Waals surface area contributed by atoms with E-state index in [1.807, 2.05) is 38.1 Å². The highest BCUT2D eigenvalue weighted by Crippen LogP contribution is 2.25. The molecular formula is C19H30N4O4S. The number of nitrogens with one attached hydrogen (secondary N) is 3. The number of benzene rings is 1. The number of methoxy groups -OCH3 is 1. The number of carbonyl (C=O) groups excluding carboxylic acids is 1. The highest BCUT2D eigenvalue weighted by atomic mass is 32.2. The second-order valence-electron chi connectivity index (χ2n) is 7.61. The molecule has 3 rings (SSSR count). The number of nitrogens with zero attached hydrogens (tertiary/aromatic N) is 1. The molecule has 0 bridgehead atoms. The fraction of sp³-hybridized carbons (Fsp3) is 0.632. The van der Waals surface area contributed by atoms with Gasteiger partial charge in [-0.15, -0.1) is 0 Å². The third-order valence-corrected chi connectivity index (χ3v) is 8.27. The van der Waals surface area contributed by atoms with Crippen LogP contribution in [-0.2, 0) is 21.4 Å². The zero-order valence-corrected chi connectivity index (χ0v) is 17.5. The normalized spacial score (nSPS) is 26.9. The largest absolute Gasteiger partial charge is 0.497 e. The Morgan fingerprint density at radius 2 is 1.71 bits per heavy atom. The van der Waals surface area contributed by atoms with Gasteiger partial charge in [0.2, 0.25) is 15.9 Å². The number of hydrazine groups is 1. The first kappa shape index (κ1) is 21.0. The van der Waals surface area contributed by atoms with Gasteiger partial charge >= 0.3 is 0 Å². The highest BCUT2D eigenvalue weighted by molar-refractivity contribution is 7.89. The molecule has 1 aromatic carbocycles. The topological polar surface area (TPSA) is 99.8 Å². The molecular weight excluding hydrogens is 380 g/mol.